The molecule has 0 fully saturated rings. The summed E-state index contributed by atoms with van der Waals surface area (Å²) in [5, 5.41) is 3.35. The van der Waals surface area contributed by atoms with Gasteiger partial charge in [0.2, 0.25) is 0 Å². The van der Waals surface area contributed by atoms with Crippen molar-refractivity contribution in [3.8, 4) is 32.7 Å². The van der Waals surface area contributed by atoms with Gasteiger partial charge in [-0.15, -0.1) is 11.3 Å². The summed E-state index contributed by atoms with van der Waals surface area (Å²) in [4.78, 5) is 1.14. The van der Waals surface area contributed by atoms with Gasteiger partial charge in [0.1, 0.15) is 11.2 Å². The van der Waals surface area contributed by atoms with Crippen molar-refractivity contribution in [3.05, 3.63) is 145 Å². The zero-order valence-corrected chi connectivity index (χ0v) is 22.9. The van der Waals surface area contributed by atoms with Crippen molar-refractivity contribution in [2.24, 2.45) is 0 Å². The number of thiophene rings is 1. The molecule has 0 amide bonds. The first-order valence-electron chi connectivity index (χ1n) is 17.6. The van der Waals surface area contributed by atoms with Crippen molar-refractivity contribution in [2.45, 2.75) is 0 Å². The molecule has 0 unspecified atom stereocenters. The van der Waals surface area contributed by atoms with Crippen molar-refractivity contribution in [1.29, 1.82) is 0 Å². The number of furan rings is 1. The van der Waals surface area contributed by atoms with Crippen LogP contribution in [-0.4, -0.2) is 0 Å². The van der Waals surface area contributed by atoms with Gasteiger partial charge < -0.3 is 4.42 Å². The molecule has 0 N–H and O–H groups in total. The van der Waals surface area contributed by atoms with E-state index in [2.05, 4.69) is 24.3 Å². The third-order valence-electron chi connectivity index (χ3n) is 7.90. The Kier molecular flexibility index (Phi) is 3.70. The Hall–Kier alpha value is -5.18. The molecule has 9 aromatic rings. The fourth-order valence-corrected chi connectivity index (χ4v) is 7.15. The van der Waals surface area contributed by atoms with E-state index in [1.807, 2.05) is 42.5 Å². The van der Waals surface area contributed by atoms with Crippen LogP contribution in [0.3, 0.4) is 0 Å². The normalized spacial score (nSPS) is 14.5. The van der Waals surface area contributed by atoms with Crippen molar-refractivity contribution in [1.82, 2.24) is 0 Å². The van der Waals surface area contributed by atoms with Gasteiger partial charge in [-0.2, -0.15) is 0 Å². The number of hydrogen-bond acceptors (Lipinski definition) is 2. The van der Waals surface area contributed by atoms with Crippen molar-refractivity contribution < 1.29 is 15.4 Å². The maximum absolute atomic E-state index is 9.24. The van der Waals surface area contributed by atoms with Crippen LogP contribution in [0.25, 0.3) is 86.3 Å². The van der Waals surface area contributed by atoms with Crippen LogP contribution >= 0.6 is 11.3 Å². The summed E-state index contributed by atoms with van der Waals surface area (Å²) in [6, 6.07) is 28.1. The van der Waals surface area contributed by atoms with E-state index in [4.69, 9.17) is 12.6 Å². The van der Waals surface area contributed by atoms with Gasteiger partial charge in [-0.3, -0.25) is 0 Å². The molecule has 0 aliphatic carbocycles. The first-order valence-corrected chi connectivity index (χ1v) is 14.4. The first-order chi connectivity index (χ1) is 24.2. The van der Waals surface area contributed by atoms with Crippen LogP contribution in [0.1, 0.15) is 11.0 Å². The van der Waals surface area contributed by atoms with Gasteiger partial charge in [0, 0.05) is 31.5 Å². The predicted molar refractivity (Wildman–Crippen MR) is 180 cm³/mol. The van der Waals surface area contributed by atoms with Crippen LogP contribution in [0, 0.1) is 0 Å². The zero-order valence-electron chi connectivity index (χ0n) is 30.1. The number of para-hydroxylation sites is 1. The summed E-state index contributed by atoms with van der Waals surface area (Å²) in [5.74, 6) is 0. The summed E-state index contributed by atoms with van der Waals surface area (Å²) >= 11 is 1.68. The monoisotopic (exact) mass is 560 g/mol. The van der Waals surface area contributed by atoms with Gasteiger partial charge in [-0.05, 0) is 61.8 Å². The van der Waals surface area contributed by atoms with Crippen LogP contribution in [0.4, 0.5) is 0 Å². The highest BCUT2D eigenvalue weighted by Crippen LogP contribution is 2.47. The molecule has 2 heteroatoms. The second-order valence-electron chi connectivity index (χ2n) is 10.3. The van der Waals surface area contributed by atoms with Crippen molar-refractivity contribution in [2.75, 3.05) is 0 Å². The highest BCUT2D eigenvalue weighted by atomic mass is 32.1. The lowest BCUT2D eigenvalue weighted by Gasteiger charge is -2.17. The molecule has 9 rings (SSSR count). The minimum absolute atomic E-state index is 0.161. The van der Waals surface area contributed by atoms with Gasteiger partial charge >= 0.3 is 0 Å². The highest BCUT2D eigenvalue weighted by Gasteiger charge is 2.20. The maximum Gasteiger partial charge on any atom is 0.143 e. The van der Waals surface area contributed by atoms with E-state index in [0.717, 1.165) is 31.3 Å². The smallest absolute Gasteiger partial charge is 0.143 e. The number of hydrogen-bond donors (Lipinski definition) is 0. The van der Waals surface area contributed by atoms with Crippen LogP contribution < -0.4 is 0 Å². The van der Waals surface area contributed by atoms with Crippen LogP contribution in [0.5, 0.6) is 0 Å². The van der Waals surface area contributed by atoms with Gasteiger partial charge in [0.15, 0.2) is 0 Å². The minimum Gasteiger partial charge on any atom is -0.455 e. The third-order valence-corrected chi connectivity index (χ3v) is 9.05. The molecule has 42 heavy (non-hydrogen) atoms. The summed E-state index contributed by atoms with van der Waals surface area (Å²) in [6.45, 7) is 0. The Balaban J connectivity index is 1.46. The molecule has 1 nitrogen and oxygen atoms in total. The Bertz CT molecular complexity index is 2810. The molecule has 0 bridgehead atoms. The molecule has 0 atom stereocenters. The largest absolute Gasteiger partial charge is 0.455 e. The molecular formula is C40H24OS. The predicted octanol–water partition coefficient (Wildman–Crippen LogP) is 12.1. The molecule has 2 heterocycles. The molecule has 0 saturated carbocycles. The van der Waals surface area contributed by atoms with E-state index in [1.54, 1.807) is 41.7 Å². The molecule has 196 valence electrons. The molecule has 0 aliphatic rings. The first kappa shape index (κ1) is 16.9. The summed E-state index contributed by atoms with van der Waals surface area (Å²) in [6.07, 6.45) is 0. The summed E-state index contributed by atoms with van der Waals surface area (Å²) in [7, 11) is 0. The minimum atomic E-state index is -0.436. The van der Waals surface area contributed by atoms with E-state index < -0.39 is 24.2 Å². The van der Waals surface area contributed by atoms with E-state index in [1.165, 1.54) is 0 Å². The van der Waals surface area contributed by atoms with E-state index in [-0.39, 0.29) is 51.3 Å². The number of benzene rings is 7. The van der Waals surface area contributed by atoms with Crippen LogP contribution in [0.2, 0.25) is 0 Å². The average Bonchev–Trinajstić information content (AvgIpc) is 3.73. The van der Waals surface area contributed by atoms with Crippen molar-refractivity contribution in [3.63, 3.8) is 0 Å². The molecule has 0 saturated heterocycles. The lowest BCUT2D eigenvalue weighted by molar-refractivity contribution is 0.670. The van der Waals surface area contributed by atoms with E-state index in [0.29, 0.717) is 27.9 Å². The average molecular weight is 561 g/mol. The second kappa shape index (κ2) is 9.17. The van der Waals surface area contributed by atoms with Crippen LogP contribution in [-0.2, 0) is 0 Å². The zero-order chi connectivity index (χ0) is 34.6. The quantitative estimate of drug-likeness (QED) is 0.196. The molecule has 0 spiro atoms. The summed E-state index contributed by atoms with van der Waals surface area (Å²) < 4.78 is 79.2. The lowest BCUT2D eigenvalue weighted by atomic mass is 9.85. The van der Waals surface area contributed by atoms with Gasteiger partial charge in [-0.1, -0.05) is 127 Å². The fraction of sp³-hybridized carbons (Fsp3) is 0. The van der Waals surface area contributed by atoms with E-state index in [9.17, 15) is 2.74 Å². The molecule has 2 aromatic heterocycles. The van der Waals surface area contributed by atoms with Gasteiger partial charge in [0.05, 0.1) is 11.0 Å². The van der Waals surface area contributed by atoms with Crippen molar-refractivity contribution >= 4 is 64.9 Å². The summed E-state index contributed by atoms with van der Waals surface area (Å²) in [5.41, 5.74) is 3.85. The highest BCUT2D eigenvalue weighted by molar-refractivity contribution is 7.22. The number of rotatable bonds is 3. The van der Waals surface area contributed by atoms with Crippen LogP contribution in [0.15, 0.2) is 150 Å². The Morgan fingerprint density at radius 2 is 1.14 bits per heavy atom. The lowest BCUT2D eigenvalue weighted by Crippen LogP contribution is -1.90. The Morgan fingerprint density at radius 3 is 1.81 bits per heavy atom. The Morgan fingerprint density at radius 1 is 0.524 bits per heavy atom. The van der Waals surface area contributed by atoms with Gasteiger partial charge in [-0.25, -0.2) is 0 Å². The SMILES string of the molecule is [2H]c1c([2H])c([2H])c2c(-c3cccc4c3oc3cc5cc(-c6ccccc6)sc5cc34)c3c([2H])c([2H])c([2H])c([2H])c3c(-c3ccccc3)c2c1[2H]. The van der Waals surface area contributed by atoms with Gasteiger partial charge in [0.25, 0.3) is 0 Å². The fourth-order valence-electron chi connectivity index (χ4n) is 6.06. The third kappa shape index (κ3) is 3.49. The topological polar surface area (TPSA) is 13.1 Å². The standard InChI is InChI=1S/C40H24OS/c1-3-12-25(13-4-1)36-23-27-22-35-34(24-37(27)42-36)32-20-11-21-33(40(32)41-35)39-30-18-9-7-16-28(30)38(26-14-5-2-6-15-26)29-17-8-10-19-31(29)39/h1-24H/i7D,8D,9D,10D,16D,17D,18D,19D. The molecule has 7 aromatic carbocycles. The molecule has 0 radical (unpaired) electrons. The molecule has 0 aliphatic heterocycles. The maximum atomic E-state index is 9.24. The molecular weight excluding hydrogens is 529 g/mol. The Labute approximate surface area is 258 Å². The number of fused-ring (bicyclic) bond motifs is 6. The van der Waals surface area contributed by atoms with E-state index >= 15 is 0 Å². The second-order valence-corrected chi connectivity index (χ2v) is 11.3.